The molecule has 0 aliphatic heterocycles. The summed E-state index contributed by atoms with van der Waals surface area (Å²) in [5, 5.41) is 9.51. The molecule has 0 N–H and O–H groups in total. The van der Waals surface area contributed by atoms with Gasteiger partial charge in [-0.15, -0.1) is 0 Å². The average Bonchev–Trinajstić information content (AvgIpc) is 2.50. The highest BCUT2D eigenvalue weighted by atomic mass is 15.1. The topological polar surface area (TPSA) is 25.8 Å². The zero-order valence-electron chi connectivity index (χ0n) is 12.6. The zero-order valence-corrected chi connectivity index (χ0v) is 12.6. The first kappa shape index (κ1) is 16.6. The van der Waals surface area contributed by atoms with Crippen LogP contribution in [0.1, 0.15) is 52.8 Å². The van der Waals surface area contributed by atoms with Crippen LogP contribution in [0, 0.1) is 0 Å². The lowest BCUT2D eigenvalue weighted by Crippen LogP contribution is -1.92. The molecule has 2 nitrogen and oxygen atoms in total. The Bertz CT molecular complexity index is 411. The summed E-state index contributed by atoms with van der Waals surface area (Å²) in [6.45, 7) is 12.3. The first-order valence-electron chi connectivity index (χ1n) is 7.08. The maximum Gasteiger partial charge on any atom is 0.0930 e. The molecule has 100 valence electrons. The zero-order chi connectivity index (χ0) is 14.0. The van der Waals surface area contributed by atoms with E-state index < -0.39 is 0 Å². The molecule has 0 aliphatic carbocycles. The van der Waals surface area contributed by atoms with Crippen molar-refractivity contribution in [3.05, 3.63) is 35.5 Å². The number of aryl methyl sites for hydroxylation is 2. The normalized spacial score (nSPS) is 9.00. The minimum atomic E-state index is 0.944. The second-order valence-electron chi connectivity index (χ2n) is 3.44. The minimum Gasteiger partial charge on any atom is -0.155 e. The molecule has 1 heterocycles. The standard InChI is InChI=1S/C12H14N2.2C2H6/c1-3-9-5-6-12-10(7-9)8-11(4-2)13-14-12;2*1-2/h5-8H,3-4H2,1-2H3;2*1-2H3. The molecular formula is C16H26N2. The third-order valence-electron chi connectivity index (χ3n) is 2.47. The molecule has 0 bridgehead atoms. The van der Waals surface area contributed by atoms with E-state index >= 15 is 0 Å². The number of fused-ring (bicyclic) bond motifs is 1. The van der Waals surface area contributed by atoms with Gasteiger partial charge < -0.3 is 0 Å². The fraction of sp³-hybridized carbons (Fsp3) is 0.500. The number of nitrogens with zero attached hydrogens (tertiary/aromatic N) is 2. The van der Waals surface area contributed by atoms with Crippen LogP contribution in [0.15, 0.2) is 24.3 Å². The van der Waals surface area contributed by atoms with Gasteiger partial charge in [-0.2, -0.15) is 10.2 Å². The highest BCUT2D eigenvalue weighted by Gasteiger charge is 1.98. The Morgan fingerprint density at radius 3 is 2.06 bits per heavy atom. The SMILES string of the molecule is CC.CC.CCc1ccc2nnc(CC)cc2c1. The van der Waals surface area contributed by atoms with Crippen molar-refractivity contribution in [2.24, 2.45) is 0 Å². The van der Waals surface area contributed by atoms with Crippen LogP contribution in [-0.2, 0) is 12.8 Å². The summed E-state index contributed by atoms with van der Waals surface area (Å²) < 4.78 is 0. The van der Waals surface area contributed by atoms with Gasteiger partial charge in [-0.3, -0.25) is 0 Å². The fourth-order valence-electron chi connectivity index (χ4n) is 1.53. The minimum absolute atomic E-state index is 0.944. The summed E-state index contributed by atoms with van der Waals surface area (Å²) in [7, 11) is 0. The van der Waals surface area contributed by atoms with Crippen LogP contribution in [0.2, 0.25) is 0 Å². The quantitative estimate of drug-likeness (QED) is 0.760. The Hall–Kier alpha value is -1.44. The van der Waals surface area contributed by atoms with E-state index in [0.29, 0.717) is 0 Å². The van der Waals surface area contributed by atoms with E-state index in [1.807, 2.05) is 33.8 Å². The number of aromatic nitrogens is 2. The van der Waals surface area contributed by atoms with Crippen LogP contribution < -0.4 is 0 Å². The molecule has 0 saturated heterocycles. The fourth-order valence-corrected chi connectivity index (χ4v) is 1.53. The second-order valence-corrected chi connectivity index (χ2v) is 3.44. The van der Waals surface area contributed by atoms with Crippen LogP contribution >= 0.6 is 0 Å². The third-order valence-corrected chi connectivity index (χ3v) is 2.47. The van der Waals surface area contributed by atoms with Gasteiger partial charge in [0.15, 0.2) is 0 Å². The molecule has 0 atom stereocenters. The predicted octanol–water partition coefficient (Wildman–Crippen LogP) is 4.81. The van der Waals surface area contributed by atoms with Gasteiger partial charge in [-0.25, -0.2) is 0 Å². The molecule has 0 radical (unpaired) electrons. The predicted molar refractivity (Wildman–Crippen MR) is 81.0 cm³/mol. The van der Waals surface area contributed by atoms with E-state index in [1.165, 1.54) is 10.9 Å². The molecule has 0 aliphatic rings. The molecule has 1 aromatic heterocycles. The molecule has 0 spiro atoms. The summed E-state index contributed by atoms with van der Waals surface area (Å²) in [5.74, 6) is 0. The Balaban J connectivity index is 0.000000659. The van der Waals surface area contributed by atoms with Crippen LogP contribution in [0.25, 0.3) is 10.9 Å². The van der Waals surface area contributed by atoms with Crippen molar-refractivity contribution in [3.63, 3.8) is 0 Å². The molecule has 2 heteroatoms. The van der Waals surface area contributed by atoms with Gasteiger partial charge in [0.1, 0.15) is 0 Å². The van der Waals surface area contributed by atoms with Crippen molar-refractivity contribution >= 4 is 10.9 Å². The van der Waals surface area contributed by atoms with Crippen LogP contribution in [0.5, 0.6) is 0 Å². The van der Waals surface area contributed by atoms with Crippen molar-refractivity contribution in [2.75, 3.05) is 0 Å². The average molecular weight is 246 g/mol. The maximum atomic E-state index is 4.18. The van der Waals surface area contributed by atoms with Gasteiger partial charge in [0, 0.05) is 5.39 Å². The lowest BCUT2D eigenvalue weighted by atomic mass is 10.1. The number of hydrogen-bond donors (Lipinski definition) is 0. The van der Waals surface area contributed by atoms with Gasteiger partial charge in [0.25, 0.3) is 0 Å². The Kier molecular flexibility index (Phi) is 8.81. The molecule has 0 fully saturated rings. The van der Waals surface area contributed by atoms with Gasteiger partial charge in [-0.1, -0.05) is 47.6 Å². The van der Waals surface area contributed by atoms with Crippen LogP contribution in [-0.4, -0.2) is 10.2 Å². The molecule has 2 rings (SSSR count). The van der Waals surface area contributed by atoms with Gasteiger partial charge in [-0.05, 0) is 36.6 Å². The molecule has 1 aromatic carbocycles. The van der Waals surface area contributed by atoms with Gasteiger partial charge in [0.2, 0.25) is 0 Å². The third kappa shape index (κ3) is 4.44. The second kappa shape index (κ2) is 9.58. The van der Waals surface area contributed by atoms with Crippen molar-refractivity contribution in [3.8, 4) is 0 Å². The lowest BCUT2D eigenvalue weighted by molar-refractivity contribution is 0.944. The van der Waals surface area contributed by atoms with Crippen molar-refractivity contribution in [1.82, 2.24) is 10.2 Å². The van der Waals surface area contributed by atoms with E-state index in [9.17, 15) is 0 Å². The lowest BCUT2D eigenvalue weighted by Gasteiger charge is -2.01. The summed E-state index contributed by atoms with van der Waals surface area (Å²) >= 11 is 0. The highest BCUT2D eigenvalue weighted by molar-refractivity contribution is 5.78. The number of benzene rings is 1. The monoisotopic (exact) mass is 246 g/mol. The van der Waals surface area contributed by atoms with Crippen LogP contribution in [0.3, 0.4) is 0 Å². The van der Waals surface area contributed by atoms with Crippen LogP contribution in [0.4, 0.5) is 0 Å². The highest BCUT2D eigenvalue weighted by Crippen LogP contribution is 2.14. The summed E-state index contributed by atoms with van der Waals surface area (Å²) in [6.07, 6.45) is 2.01. The smallest absolute Gasteiger partial charge is 0.0930 e. The maximum absolute atomic E-state index is 4.18. The first-order valence-corrected chi connectivity index (χ1v) is 7.08. The summed E-state index contributed by atoms with van der Waals surface area (Å²) in [4.78, 5) is 0. The Morgan fingerprint density at radius 1 is 0.833 bits per heavy atom. The van der Waals surface area contributed by atoms with Crippen molar-refractivity contribution in [2.45, 2.75) is 54.4 Å². The number of rotatable bonds is 2. The largest absolute Gasteiger partial charge is 0.155 e. The number of hydrogen-bond acceptors (Lipinski definition) is 2. The van der Waals surface area contributed by atoms with Crippen molar-refractivity contribution in [1.29, 1.82) is 0 Å². The van der Waals surface area contributed by atoms with Crippen molar-refractivity contribution < 1.29 is 0 Å². The van der Waals surface area contributed by atoms with E-state index in [-0.39, 0.29) is 0 Å². The molecular weight excluding hydrogens is 220 g/mol. The first-order chi connectivity index (χ1) is 8.83. The van der Waals surface area contributed by atoms with Gasteiger partial charge in [0.05, 0.1) is 11.2 Å². The van der Waals surface area contributed by atoms with E-state index in [0.717, 1.165) is 24.1 Å². The van der Waals surface area contributed by atoms with E-state index in [2.05, 4.69) is 42.2 Å². The Morgan fingerprint density at radius 2 is 1.50 bits per heavy atom. The molecule has 0 unspecified atom stereocenters. The summed E-state index contributed by atoms with van der Waals surface area (Å²) in [5.41, 5.74) is 3.40. The molecule has 2 aromatic rings. The molecule has 0 amide bonds. The Labute approximate surface area is 111 Å². The summed E-state index contributed by atoms with van der Waals surface area (Å²) in [6, 6.07) is 8.48. The van der Waals surface area contributed by atoms with E-state index in [4.69, 9.17) is 0 Å². The molecule has 18 heavy (non-hydrogen) atoms. The van der Waals surface area contributed by atoms with Gasteiger partial charge >= 0.3 is 0 Å². The van der Waals surface area contributed by atoms with E-state index in [1.54, 1.807) is 0 Å². The molecule has 0 saturated carbocycles.